The Kier molecular flexibility index (Phi) is 1.35. The fraction of sp³-hybridized carbons (Fsp3) is 1.00. The van der Waals surface area contributed by atoms with Gasteiger partial charge in [0.05, 0.1) is 5.60 Å². The van der Waals surface area contributed by atoms with Crippen molar-refractivity contribution in [2.45, 2.75) is 52.6 Å². The maximum Gasteiger partial charge on any atom is 0.0726 e. The Balaban J connectivity index is 2.46. The quantitative estimate of drug-likeness (QED) is 0.589. The Morgan fingerprint density at radius 2 is 1.75 bits per heavy atom. The predicted molar refractivity (Wildman–Crippen MR) is 49.9 cm³/mol. The maximum atomic E-state index is 10.5. The van der Waals surface area contributed by atoms with Crippen LogP contribution in [0.3, 0.4) is 0 Å². The lowest BCUT2D eigenvalue weighted by Gasteiger charge is -2.48. The summed E-state index contributed by atoms with van der Waals surface area (Å²) in [6.07, 6.45) is 3.76. The smallest absolute Gasteiger partial charge is 0.0726 e. The first-order valence-electron chi connectivity index (χ1n) is 5.04. The van der Waals surface area contributed by atoms with E-state index >= 15 is 0 Å². The summed E-state index contributed by atoms with van der Waals surface area (Å²) in [7, 11) is 0. The monoisotopic (exact) mass is 168 g/mol. The van der Waals surface area contributed by atoms with Gasteiger partial charge in [0, 0.05) is 0 Å². The van der Waals surface area contributed by atoms with Crippen LogP contribution in [0.4, 0.5) is 0 Å². The van der Waals surface area contributed by atoms with Gasteiger partial charge in [0.2, 0.25) is 0 Å². The Hall–Kier alpha value is -0.0400. The molecule has 0 aliphatic heterocycles. The lowest BCUT2D eigenvalue weighted by atomic mass is 9.61. The van der Waals surface area contributed by atoms with Gasteiger partial charge >= 0.3 is 0 Å². The molecule has 0 amide bonds. The van der Waals surface area contributed by atoms with E-state index in [1.54, 1.807) is 0 Å². The van der Waals surface area contributed by atoms with Crippen LogP contribution in [0.2, 0.25) is 0 Å². The first kappa shape index (κ1) is 8.55. The molecule has 0 aromatic heterocycles. The fourth-order valence-electron chi connectivity index (χ4n) is 3.47. The molecule has 2 bridgehead atoms. The number of aliphatic hydroxyl groups is 1. The second kappa shape index (κ2) is 1.89. The van der Waals surface area contributed by atoms with E-state index in [2.05, 4.69) is 20.8 Å². The second-order valence-corrected chi connectivity index (χ2v) is 5.79. The van der Waals surface area contributed by atoms with Gasteiger partial charge in [0.15, 0.2) is 0 Å². The third-order valence-corrected chi connectivity index (χ3v) is 5.19. The first-order valence-corrected chi connectivity index (χ1v) is 5.04. The van der Waals surface area contributed by atoms with Crippen molar-refractivity contribution < 1.29 is 5.11 Å². The van der Waals surface area contributed by atoms with Gasteiger partial charge in [-0.2, -0.15) is 0 Å². The normalized spacial score (nSPS) is 56.2. The fourth-order valence-corrected chi connectivity index (χ4v) is 3.47. The molecule has 2 aliphatic rings. The lowest BCUT2D eigenvalue weighted by molar-refractivity contribution is -0.128. The minimum atomic E-state index is -0.455. The molecule has 1 N–H and O–H groups in total. The Bertz CT molecular complexity index is 210. The molecule has 0 aromatic rings. The Labute approximate surface area is 75.2 Å². The topological polar surface area (TPSA) is 20.2 Å². The zero-order valence-corrected chi connectivity index (χ0v) is 8.65. The van der Waals surface area contributed by atoms with Crippen molar-refractivity contribution in [3.05, 3.63) is 0 Å². The summed E-state index contributed by atoms with van der Waals surface area (Å²) in [4.78, 5) is 0. The Morgan fingerprint density at radius 3 is 2.00 bits per heavy atom. The van der Waals surface area contributed by atoms with Crippen molar-refractivity contribution in [2.75, 3.05) is 0 Å². The van der Waals surface area contributed by atoms with Crippen LogP contribution >= 0.6 is 0 Å². The van der Waals surface area contributed by atoms with Gasteiger partial charge in [-0.25, -0.2) is 0 Å². The van der Waals surface area contributed by atoms with Crippen molar-refractivity contribution >= 4 is 0 Å². The summed E-state index contributed by atoms with van der Waals surface area (Å²) in [5.74, 6) is 0.748. The van der Waals surface area contributed by atoms with Crippen molar-refractivity contribution in [3.63, 3.8) is 0 Å². The average molecular weight is 168 g/mol. The molecule has 1 nitrogen and oxygen atoms in total. The average Bonchev–Trinajstić information content (AvgIpc) is 2.36. The molecule has 0 saturated heterocycles. The van der Waals surface area contributed by atoms with Crippen molar-refractivity contribution in [1.29, 1.82) is 0 Å². The molecule has 12 heavy (non-hydrogen) atoms. The highest BCUT2D eigenvalue weighted by Gasteiger charge is 2.65. The van der Waals surface area contributed by atoms with Crippen molar-refractivity contribution in [3.8, 4) is 0 Å². The van der Waals surface area contributed by atoms with Gasteiger partial charge in [0.25, 0.3) is 0 Å². The predicted octanol–water partition coefficient (Wildman–Crippen LogP) is 2.58. The highest BCUT2D eigenvalue weighted by molar-refractivity contribution is 5.15. The van der Waals surface area contributed by atoms with Gasteiger partial charge < -0.3 is 5.11 Å². The van der Waals surface area contributed by atoms with Crippen LogP contribution in [0.1, 0.15) is 47.0 Å². The van der Waals surface area contributed by atoms with Crippen molar-refractivity contribution in [1.82, 2.24) is 0 Å². The van der Waals surface area contributed by atoms with Crippen LogP contribution in [-0.2, 0) is 0 Å². The number of rotatable bonds is 0. The van der Waals surface area contributed by atoms with Crippen LogP contribution in [0.5, 0.6) is 0 Å². The molecule has 0 unspecified atom stereocenters. The van der Waals surface area contributed by atoms with Gasteiger partial charge in [-0.3, -0.25) is 0 Å². The zero-order chi connectivity index (χ0) is 9.20. The van der Waals surface area contributed by atoms with E-state index in [1.165, 1.54) is 19.3 Å². The van der Waals surface area contributed by atoms with Gasteiger partial charge in [-0.05, 0) is 42.9 Å². The molecule has 0 radical (unpaired) electrons. The zero-order valence-electron chi connectivity index (χ0n) is 8.65. The van der Waals surface area contributed by atoms with Gasteiger partial charge in [-0.15, -0.1) is 0 Å². The number of hydrogen-bond acceptors (Lipinski definition) is 1. The van der Waals surface area contributed by atoms with E-state index in [9.17, 15) is 5.11 Å². The van der Waals surface area contributed by atoms with Gasteiger partial charge in [-0.1, -0.05) is 20.8 Å². The highest BCUT2D eigenvalue weighted by atomic mass is 16.3. The third-order valence-electron chi connectivity index (χ3n) is 5.19. The van der Waals surface area contributed by atoms with Crippen LogP contribution < -0.4 is 0 Å². The Morgan fingerprint density at radius 1 is 1.17 bits per heavy atom. The molecule has 2 rings (SSSR count). The number of fused-ring (bicyclic) bond motifs is 2. The third kappa shape index (κ3) is 0.654. The minimum Gasteiger partial charge on any atom is -0.389 e. The molecule has 2 saturated carbocycles. The summed E-state index contributed by atoms with van der Waals surface area (Å²) in [5.41, 5.74) is -0.135. The van der Waals surface area contributed by atoms with E-state index in [0.717, 1.165) is 5.92 Å². The van der Waals surface area contributed by atoms with Crippen LogP contribution in [0.15, 0.2) is 0 Å². The SMILES string of the molecule is CC1(C)[C@H]2CC[C@](C)(C2)[C@]1(C)O. The largest absolute Gasteiger partial charge is 0.389 e. The highest BCUT2D eigenvalue weighted by Crippen LogP contribution is 2.67. The molecule has 2 fully saturated rings. The van der Waals surface area contributed by atoms with E-state index < -0.39 is 5.60 Å². The van der Waals surface area contributed by atoms with Crippen LogP contribution in [0.25, 0.3) is 0 Å². The molecule has 70 valence electrons. The van der Waals surface area contributed by atoms with Gasteiger partial charge in [0.1, 0.15) is 0 Å². The molecule has 2 aliphatic carbocycles. The lowest BCUT2D eigenvalue weighted by Crippen LogP contribution is -2.51. The molecular weight excluding hydrogens is 148 g/mol. The minimum absolute atomic E-state index is 0.125. The second-order valence-electron chi connectivity index (χ2n) is 5.79. The molecule has 0 heterocycles. The summed E-state index contributed by atoms with van der Waals surface area (Å²) < 4.78 is 0. The van der Waals surface area contributed by atoms with E-state index in [0.29, 0.717) is 0 Å². The molecule has 0 aromatic carbocycles. The molecule has 0 spiro atoms. The van der Waals surface area contributed by atoms with Crippen molar-refractivity contribution in [2.24, 2.45) is 16.7 Å². The van der Waals surface area contributed by atoms with Crippen LogP contribution in [0, 0.1) is 16.7 Å². The van der Waals surface area contributed by atoms with E-state index in [1.807, 2.05) is 6.92 Å². The summed E-state index contributed by atoms with van der Waals surface area (Å²) in [6, 6.07) is 0. The summed E-state index contributed by atoms with van der Waals surface area (Å²) in [6.45, 7) is 8.73. The summed E-state index contributed by atoms with van der Waals surface area (Å²) >= 11 is 0. The van der Waals surface area contributed by atoms with Crippen LogP contribution in [-0.4, -0.2) is 10.7 Å². The first-order chi connectivity index (χ1) is 5.31. The molecular formula is C11H20O. The van der Waals surface area contributed by atoms with E-state index in [-0.39, 0.29) is 10.8 Å². The maximum absolute atomic E-state index is 10.5. The summed E-state index contributed by atoms with van der Waals surface area (Å²) in [5, 5.41) is 10.5. The van der Waals surface area contributed by atoms with E-state index in [4.69, 9.17) is 0 Å². The number of hydrogen-bond donors (Lipinski definition) is 1. The standard InChI is InChI=1S/C11H20O/c1-9(2)8-5-6-10(3,7-8)11(9,4)12/h8,12H,5-7H2,1-4H3/t8-,10+,11+/m0/s1. The molecule has 1 heteroatoms. The molecule has 3 atom stereocenters.